The molecule has 1 unspecified atom stereocenters. The van der Waals surface area contributed by atoms with Gasteiger partial charge in [0.25, 0.3) is 0 Å². The monoisotopic (exact) mass is 343 g/mol. The lowest BCUT2D eigenvalue weighted by molar-refractivity contribution is 0.566. The number of fused-ring (bicyclic) bond motifs is 1. The number of hydrogen-bond donors (Lipinski definition) is 1. The summed E-state index contributed by atoms with van der Waals surface area (Å²) in [6, 6.07) is 11.7. The Morgan fingerprint density at radius 1 is 0.958 bits per heavy atom. The average molecular weight is 343 g/mol. The van der Waals surface area contributed by atoms with E-state index in [2.05, 4.69) is 22.9 Å². The molecule has 1 aliphatic rings. The highest BCUT2D eigenvalue weighted by atomic mass is 32.2. The van der Waals surface area contributed by atoms with Crippen LogP contribution in [0.15, 0.2) is 41.3 Å². The molecule has 0 radical (unpaired) electrons. The number of nitrogens with one attached hydrogen (secondary N) is 1. The molecule has 0 aromatic heterocycles. The first-order chi connectivity index (χ1) is 11.4. The zero-order valence-corrected chi connectivity index (χ0v) is 15.4. The van der Waals surface area contributed by atoms with Crippen molar-refractivity contribution in [3.63, 3.8) is 0 Å². The van der Waals surface area contributed by atoms with E-state index in [1.54, 1.807) is 6.07 Å². The van der Waals surface area contributed by atoms with E-state index in [9.17, 15) is 8.42 Å². The second-order valence-corrected chi connectivity index (χ2v) is 8.53. The topological polar surface area (TPSA) is 46.2 Å². The minimum atomic E-state index is -3.53. The maximum absolute atomic E-state index is 12.8. The van der Waals surface area contributed by atoms with Crippen molar-refractivity contribution in [3.05, 3.63) is 64.2 Å². The number of sulfonamides is 1. The number of benzene rings is 2. The first kappa shape index (κ1) is 17.2. The van der Waals surface area contributed by atoms with E-state index in [1.807, 2.05) is 32.9 Å². The SMILES string of the molecule is Cc1ccc(C)c(S(=O)(=O)NC(C)c2ccc3c(c2)CCCC3)c1. The lowest BCUT2D eigenvalue weighted by Gasteiger charge is -2.20. The van der Waals surface area contributed by atoms with Gasteiger partial charge in [-0.25, -0.2) is 13.1 Å². The van der Waals surface area contributed by atoms with Crippen molar-refractivity contribution < 1.29 is 8.42 Å². The van der Waals surface area contributed by atoms with Crippen LogP contribution in [0.5, 0.6) is 0 Å². The van der Waals surface area contributed by atoms with E-state index >= 15 is 0 Å². The van der Waals surface area contributed by atoms with Crippen LogP contribution >= 0.6 is 0 Å². The molecule has 1 N–H and O–H groups in total. The molecule has 3 rings (SSSR count). The molecule has 3 nitrogen and oxygen atoms in total. The van der Waals surface area contributed by atoms with Crippen molar-refractivity contribution >= 4 is 10.0 Å². The Hall–Kier alpha value is -1.65. The highest BCUT2D eigenvalue weighted by Gasteiger charge is 2.21. The Bertz CT molecular complexity index is 856. The van der Waals surface area contributed by atoms with Crippen LogP contribution < -0.4 is 4.72 Å². The molecule has 2 aromatic carbocycles. The van der Waals surface area contributed by atoms with Crippen molar-refractivity contribution in [2.75, 3.05) is 0 Å². The highest BCUT2D eigenvalue weighted by molar-refractivity contribution is 7.89. The summed E-state index contributed by atoms with van der Waals surface area (Å²) in [6.07, 6.45) is 4.71. The summed E-state index contributed by atoms with van der Waals surface area (Å²) in [6.45, 7) is 5.65. The molecule has 4 heteroatoms. The van der Waals surface area contributed by atoms with Gasteiger partial charge >= 0.3 is 0 Å². The predicted molar refractivity (Wildman–Crippen MR) is 97.7 cm³/mol. The van der Waals surface area contributed by atoms with Crippen LogP contribution in [-0.4, -0.2) is 8.42 Å². The fourth-order valence-corrected chi connectivity index (χ4v) is 4.95. The second-order valence-electron chi connectivity index (χ2n) is 6.85. The zero-order valence-electron chi connectivity index (χ0n) is 14.6. The molecule has 128 valence electrons. The summed E-state index contributed by atoms with van der Waals surface area (Å²) in [4.78, 5) is 0.368. The van der Waals surface area contributed by atoms with Gasteiger partial charge in [-0.3, -0.25) is 0 Å². The second kappa shape index (κ2) is 6.69. The van der Waals surface area contributed by atoms with Gasteiger partial charge in [0.1, 0.15) is 0 Å². The van der Waals surface area contributed by atoms with Gasteiger partial charge in [-0.05, 0) is 80.3 Å². The Morgan fingerprint density at radius 2 is 1.67 bits per heavy atom. The predicted octanol–water partition coefficient (Wildman–Crippen LogP) is 4.22. The smallest absolute Gasteiger partial charge is 0.207 e. The summed E-state index contributed by atoms with van der Waals surface area (Å²) >= 11 is 0. The summed E-state index contributed by atoms with van der Waals surface area (Å²) in [5, 5.41) is 0. The molecule has 0 spiro atoms. The fourth-order valence-electron chi connectivity index (χ4n) is 3.38. The molecular weight excluding hydrogens is 318 g/mol. The molecular formula is C20H25NO2S. The number of aryl methyl sites for hydroxylation is 4. The van der Waals surface area contributed by atoms with Crippen LogP contribution in [0.25, 0.3) is 0 Å². The van der Waals surface area contributed by atoms with Gasteiger partial charge in [0.2, 0.25) is 10.0 Å². The Labute approximate surface area is 145 Å². The Morgan fingerprint density at radius 3 is 2.42 bits per heavy atom. The molecule has 0 saturated carbocycles. The molecule has 1 aliphatic carbocycles. The van der Waals surface area contributed by atoms with E-state index in [4.69, 9.17) is 0 Å². The lowest BCUT2D eigenvalue weighted by atomic mass is 9.89. The average Bonchev–Trinajstić information content (AvgIpc) is 2.56. The quantitative estimate of drug-likeness (QED) is 0.903. The van der Waals surface area contributed by atoms with E-state index in [0.29, 0.717) is 4.90 Å². The Balaban J connectivity index is 1.86. The standard InChI is InChI=1S/C20H25NO2S/c1-14-8-9-15(2)20(12-14)24(22,23)21-16(3)18-11-10-17-6-4-5-7-19(17)13-18/h8-13,16,21H,4-7H2,1-3H3. The van der Waals surface area contributed by atoms with Crippen LogP contribution in [0, 0.1) is 13.8 Å². The third-order valence-corrected chi connectivity index (χ3v) is 6.52. The minimum absolute atomic E-state index is 0.248. The summed E-state index contributed by atoms with van der Waals surface area (Å²) in [7, 11) is -3.53. The molecule has 0 fully saturated rings. The molecule has 1 atom stereocenters. The molecule has 24 heavy (non-hydrogen) atoms. The van der Waals surface area contributed by atoms with Crippen molar-refractivity contribution in [1.29, 1.82) is 0 Å². The minimum Gasteiger partial charge on any atom is -0.207 e. The van der Waals surface area contributed by atoms with Crippen molar-refractivity contribution in [1.82, 2.24) is 4.72 Å². The summed E-state index contributed by atoms with van der Waals surface area (Å²) in [5.74, 6) is 0. The van der Waals surface area contributed by atoms with E-state index < -0.39 is 10.0 Å². The maximum Gasteiger partial charge on any atom is 0.241 e. The molecule has 0 aliphatic heterocycles. The lowest BCUT2D eigenvalue weighted by Crippen LogP contribution is -2.27. The van der Waals surface area contributed by atoms with Crippen molar-refractivity contribution in [2.45, 2.75) is 57.4 Å². The van der Waals surface area contributed by atoms with Crippen molar-refractivity contribution in [2.24, 2.45) is 0 Å². The molecule has 0 saturated heterocycles. The summed E-state index contributed by atoms with van der Waals surface area (Å²) in [5.41, 5.74) is 5.53. The third kappa shape index (κ3) is 3.55. The van der Waals surface area contributed by atoms with Gasteiger partial charge in [-0.2, -0.15) is 0 Å². The fraction of sp³-hybridized carbons (Fsp3) is 0.400. The van der Waals surface area contributed by atoms with Crippen LogP contribution in [0.1, 0.15) is 53.6 Å². The first-order valence-corrected chi connectivity index (χ1v) is 10.1. The van der Waals surface area contributed by atoms with Gasteiger partial charge in [0.15, 0.2) is 0 Å². The largest absolute Gasteiger partial charge is 0.241 e. The zero-order chi connectivity index (χ0) is 17.3. The van der Waals surface area contributed by atoms with Crippen LogP contribution in [0.3, 0.4) is 0 Å². The molecule has 0 amide bonds. The van der Waals surface area contributed by atoms with Gasteiger partial charge in [-0.1, -0.05) is 30.3 Å². The molecule has 0 heterocycles. The van der Waals surface area contributed by atoms with Crippen LogP contribution in [-0.2, 0) is 22.9 Å². The van der Waals surface area contributed by atoms with Crippen LogP contribution in [0.4, 0.5) is 0 Å². The maximum atomic E-state index is 12.8. The Kier molecular flexibility index (Phi) is 4.79. The summed E-state index contributed by atoms with van der Waals surface area (Å²) < 4.78 is 28.4. The van der Waals surface area contributed by atoms with Gasteiger partial charge in [0, 0.05) is 6.04 Å². The van der Waals surface area contributed by atoms with Gasteiger partial charge in [-0.15, -0.1) is 0 Å². The molecule has 2 aromatic rings. The normalized spacial score (nSPS) is 15.8. The van der Waals surface area contributed by atoms with E-state index in [-0.39, 0.29) is 6.04 Å². The molecule has 0 bridgehead atoms. The van der Waals surface area contributed by atoms with Gasteiger partial charge in [0.05, 0.1) is 4.90 Å². The van der Waals surface area contributed by atoms with Crippen LogP contribution in [0.2, 0.25) is 0 Å². The third-order valence-electron chi connectivity index (χ3n) is 4.84. The van der Waals surface area contributed by atoms with E-state index in [0.717, 1.165) is 29.5 Å². The highest BCUT2D eigenvalue weighted by Crippen LogP contribution is 2.26. The number of hydrogen-bond acceptors (Lipinski definition) is 2. The van der Waals surface area contributed by atoms with E-state index in [1.165, 1.54) is 24.0 Å². The number of rotatable bonds is 4. The first-order valence-electron chi connectivity index (χ1n) is 8.58. The van der Waals surface area contributed by atoms with Crippen molar-refractivity contribution in [3.8, 4) is 0 Å². The van der Waals surface area contributed by atoms with Gasteiger partial charge < -0.3 is 0 Å².